The number of hydrogen-bond acceptors (Lipinski definition) is 3. The number of esters is 1. The lowest BCUT2D eigenvalue weighted by molar-refractivity contribution is -0.146. The van der Waals surface area contributed by atoms with Crippen molar-refractivity contribution in [1.82, 2.24) is 0 Å². The standard InChI is InChI=1S/C6H6O3/c1-4-5(7)2-3-9-6(4)8/h2-4H,1H3. The van der Waals surface area contributed by atoms with Gasteiger partial charge in [-0.1, -0.05) is 0 Å². The molecule has 9 heavy (non-hydrogen) atoms. The van der Waals surface area contributed by atoms with Crippen LogP contribution in [-0.2, 0) is 14.3 Å². The number of ether oxygens (including phenoxy) is 1. The zero-order valence-corrected chi connectivity index (χ0v) is 4.96. The molecule has 0 aromatic heterocycles. The predicted octanol–water partition coefficient (Wildman–Crippen LogP) is 0.262. The summed E-state index contributed by atoms with van der Waals surface area (Å²) in [6, 6.07) is 0. The molecule has 0 saturated carbocycles. The van der Waals surface area contributed by atoms with E-state index >= 15 is 0 Å². The lowest BCUT2D eigenvalue weighted by Gasteiger charge is -2.08. The van der Waals surface area contributed by atoms with Gasteiger partial charge in [-0.2, -0.15) is 0 Å². The Labute approximate surface area is 52.3 Å². The number of carbonyl (C=O) groups excluding carboxylic acids is 2. The van der Waals surface area contributed by atoms with Crippen molar-refractivity contribution in [2.75, 3.05) is 0 Å². The van der Waals surface area contributed by atoms with Crippen molar-refractivity contribution in [3.05, 3.63) is 12.3 Å². The Bertz CT molecular complexity index is 181. The predicted molar refractivity (Wildman–Crippen MR) is 29.4 cm³/mol. The highest BCUT2D eigenvalue weighted by atomic mass is 16.5. The fourth-order valence-electron chi connectivity index (χ4n) is 0.531. The molecule has 1 aliphatic rings. The maximum absolute atomic E-state index is 10.6. The molecule has 0 aromatic rings. The fourth-order valence-corrected chi connectivity index (χ4v) is 0.531. The van der Waals surface area contributed by atoms with Gasteiger partial charge >= 0.3 is 5.97 Å². The van der Waals surface area contributed by atoms with Crippen LogP contribution in [0, 0.1) is 5.92 Å². The van der Waals surface area contributed by atoms with E-state index in [2.05, 4.69) is 4.74 Å². The van der Waals surface area contributed by atoms with Crippen molar-refractivity contribution in [1.29, 1.82) is 0 Å². The van der Waals surface area contributed by atoms with Crippen LogP contribution < -0.4 is 0 Å². The number of allylic oxidation sites excluding steroid dienone is 1. The molecular formula is C6H6O3. The second kappa shape index (κ2) is 2.01. The van der Waals surface area contributed by atoms with Gasteiger partial charge in [0.1, 0.15) is 5.92 Å². The molecule has 0 amide bonds. The van der Waals surface area contributed by atoms with Crippen LogP contribution in [0.4, 0.5) is 0 Å². The molecule has 0 radical (unpaired) electrons. The lowest BCUT2D eigenvalue weighted by Crippen LogP contribution is -2.23. The maximum atomic E-state index is 10.6. The van der Waals surface area contributed by atoms with Crippen molar-refractivity contribution < 1.29 is 14.3 Å². The summed E-state index contributed by atoms with van der Waals surface area (Å²) in [6.45, 7) is 1.52. The van der Waals surface area contributed by atoms with Gasteiger partial charge in [-0.3, -0.25) is 9.59 Å². The number of carbonyl (C=O) groups is 2. The first-order valence-corrected chi connectivity index (χ1v) is 2.62. The van der Waals surface area contributed by atoms with Gasteiger partial charge in [-0.05, 0) is 6.92 Å². The second-order valence-electron chi connectivity index (χ2n) is 1.86. The second-order valence-corrected chi connectivity index (χ2v) is 1.86. The summed E-state index contributed by atoms with van der Waals surface area (Å²) in [6.07, 6.45) is 2.37. The van der Waals surface area contributed by atoms with Crippen LogP contribution in [0.1, 0.15) is 6.92 Å². The monoisotopic (exact) mass is 126 g/mol. The molecule has 0 N–H and O–H groups in total. The molecule has 0 aliphatic carbocycles. The normalized spacial score (nSPS) is 26.1. The number of ketones is 1. The Hall–Kier alpha value is -1.12. The average molecular weight is 126 g/mol. The van der Waals surface area contributed by atoms with Crippen LogP contribution in [-0.4, -0.2) is 11.8 Å². The summed E-state index contributed by atoms with van der Waals surface area (Å²) >= 11 is 0. The minimum absolute atomic E-state index is 0.189. The summed E-state index contributed by atoms with van der Waals surface area (Å²) in [5, 5.41) is 0. The van der Waals surface area contributed by atoms with E-state index < -0.39 is 11.9 Å². The Morgan fingerprint density at radius 2 is 2.22 bits per heavy atom. The van der Waals surface area contributed by atoms with E-state index in [1.165, 1.54) is 13.0 Å². The van der Waals surface area contributed by atoms with Crippen LogP contribution in [0.15, 0.2) is 12.3 Å². The minimum atomic E-state index is -0.616. The molecule has 1 atom stereocenters. The molecule has 0 bridgehead atoms. The summed E-state index contributed by atoms with van der Waals surface area (Å²) in [4.78, 5) is 21.1. The first kappa shape index (κ1) is 6.01. The van der Waals surface area contributed by atoms with E-state index in [0.717, 1.165) is 6.26 Å². The van der Waals surface area contributed by atoms with Crippen molar-refractivity contribution in [2.45, 2.75) is 6.92 Å². The van der Waals surface area contributed by atoms with E-state index in [1.807, 2.05) is 0 Å². The third-order valence-corrected chi connectivity index (χ3v) is 1.20. The SMILES string of the molecule is CC1C(=O)C=COC1=O. The molecule has 1 aliphatic heterocycles. The van der Waals surface area contributed by atoms with Gasteiger partial charge in [-0.15, -0.1) is 0 Å². The van der Waals surface area contributed by atoms with Crippen LogP contribution in [0.25, 0.3) is 0 Å². The lowest BCUT2D eigenvalue weighted by atomic mass is 10.1. The molecule has 3 heteroatoms. The highest BCUT2D eigenvalue weighted by Gasteiger charge is 2.23. The zero-order chi connectivity index (χ0) is 6.85. The highest BCUT2D eigenvalue weighted by Crippen LogP contribution is 2.06. The van der Waals surface area contributed by atoms with Crippen LogP contribution in [0.2, 0.25) is 0 Å². The van der Waals surface area contributed by atoms with Gasteiger partial charge in [0.25, 0.3) is 0 Å². The summed E-state index contributed by atoms with van der Waals surface area (Å²) in [7, 11) is 0. The Kier molecular flexibility index (Phi) is 1.34. The Balaban J connectivity index is 2.81. The summed E-state index contributed by atoms with van der Waals surface area (Å²) in [5.74, 6) is -1.27. The first-order valence-electron chi connectivity index (χ1n) is 2.62. The minimum Gasteiger partial charge on any atom is -0.434 e. The van der Waals surface area contributed by atoms with Crippen molar-refractivity contribution in [2.24, 2.45) is 5.92 Å². The molecule has 1 unspecified atom stereocenters. The third kappa shape index (κ3) is 0.988. The van der Waals surface area contributed by atoms with Crippen molar-refractivity contribution in [3.63, 3.8) is 0 Å². The Morgan fingerprint density at radius 1 is 1.56 bits per heavy atom. The number of cyclic esters (lactones) is 1. The summed E-state index contributed by atoms with van der Waals surface area (Å²) in [5.41, 5.74) is 0. The molecule has 0 saturated heterocycles. The number of hydrogen-bond donors (Lipinski definition) is 0. The van der Waals surface area contributed by atoms with E-state index in [9.17, 15) is 9.59 Å². The van der Waals surface area contributed by atoms with Gasteiger partial charge in [0, 0.05) is 6.08 Å². The van der Waals surface area contributed by atoms with Gasteiger partial charge in [-0.25, -0.2) is 0 Å². The van der Waals surface area contributed by atoms with E-state index in [4.69, 9.17) is 0 Å². The van der Waals surface area contributed by atoms with Crippen LogP contribution in [0.5, 0.6) is 0 Å². The topological polar surface area (TPSA) is 43.4 Å². The third-order valence-electron chi connectivity index (χ3n) is 1.20. The molecule has 0 spiro atoms. The van der Waals surface area contributed by atoms with Crippen molar-refractivity contribution in [3.8, 4) is 0 Å². The quantitative estimate of drug-likeness (QED) is 0.345. The Morgan fingerprint density at radius 3 is 2.67 bits per heavy atom. The molecule has 3 nitrogen and oxygen atoms in total. The molecule has 1 heterocycles. The van der Waals surface area contributed by atoms with Gasteiger partial charge in [0.2, 0.25) is 0 Å². The van der Waals surface area contributed by atoms with Crippen LogP contribution in [0.3, 0.4) is 0 Å². The highest BCUT2D eigenvalue weighted by molar-refractivity contribution is 6.06. The fraction of sp³-hybridized carbons (Fsp3) is 0.333. The summed E-state index contributed by atoms with van der Waals surface area (Å²) < 4.78 is 4.42. The van der Waals surface area contributed by atoms with Crippen LogP contribution >= 0.6 is 0 Å². The number of rotatable bonds is 0. The molecular weight excluding hydrogens is 120 g/mol. The van der Waals surface area contributed by atoms with Crippen molar-refractivity contribution >= 4 is 11.8 Å². The zero-order valence-electron chi connectivity index (χ0n) is 4.96. The molecule has 0 aromatic carbocycles. The molecule has 0 fully saturated rings. The van der Waals surface area contributed by atoms with E-state index in [-0.39, 0.29) is 5.78 Å². The maximum Gasteiger partial charge on any atom is 0.321 e. The largest absolute Gasteiger partial charge is 0.434 e. The smallest absolute Gasteiger partial charge is 0.321 e. The first-order chi connectivity index (χ1) is 4.22. The average Bonchev–Trinajstić information content (AvgIpc) is 1.83. The van der Waals surface area contributed by atoms with Gasteiger partial charge in [0.05, 0.1) is 6.26 Å². The van der Waals surface area contributed by atoms with E-state index in [1.54, 1.807) is 0 Å². The van der Waals surface area contributed by atoms with Gasteiger partial charge < -0.3 is 4.74 Å². The van der Waals surface area contributed by atoms with Gasteiger partial charge in [0.15, 0.2) is 5.78 Å². The van der Waals surface area contributed by atoms with E-state index in [0.29, 0.717) is 0 Å². The molecule has 48 valence electrons. The molecule has 1 rings (SSSR count).